The molecule has 0 spiro atoms. The van der Waals surface area contributed by atoms with Crippen LogP contribution in [-0.4, -0.2) is 58.4 Å². The van der Waals surface area contributed by atoms with Crippen LogP contribution in [0.2, 0.25) is 0 Å². The van der Waals surface area contributed by atoms with Gasteiger partial charge in [0, 0.05) is 49.5 Å². The van der Waals surface area contributed by atoms with Gasteiger partial charge >= 0.3 is 6.18 Å². The Morgan fingerprint density at radius 2 is 1.74 bits per heavy atom. The molecule has 1 aromatic carbocycles. The third kappa shape index (κ3) is 5.14. The van der Waals surface area contributed by atoms with Gasteiger partial charge in [-0.2, -0.15) is 13.2 Å². The van der Waals surface area contributed by atoms with Gasteiger partial charge in [-0.15, -0.1) is 0 Å². The first-order chi connectivity index (χ1) is 16.5. The third-order valence-electron chi connectivity index (χ3n) is 6.13. The molecular formula is C23H25F3N6O2. The second-order valence-corrected chi connectivity index (χ2v) is 8.47. The Morgan fingerprint density at radius 1 is 0.971 bits per heavy atom. The maximum absolute atomic E-state index is 12.9. The van der Waals surface area contributed by atoms with Crippen molar-refractivity contribution in [2.75, 3.05) is 36.5 Å². The molecule has 0 atom stereocenters. The van der Waals surface area contributed by atoms with Gasteiger partial charge in [-0.1, -0.05) is 0 Å². The summed E-state index contributed by atoms with van der Waals surface area (Å²) in [7, 11) is 0. The summed E-state index contributed by atoms with van der Waals surface area (Å²) in [5.74, 6) is -0.247. The lowest BCUT2D eigenvalue weighted by Crippen LogP contribution is -2.36. The smallest absolute Gasteiger partial charge is 0.451 e. The molecule has 1 N–H and O–H groups in total. The largest absolute Gasteiger partial charge is 0.488 e. The molecule has 2 fully saturated rings. The first kappa shape index (κ1) is 22.6. The fourth-order valence-corrected chi connectivity index (χ4v) is 4.41. The van der Waals surface area contributed by atoms with Gasteiger partial charge in [-0.05, 0) is 37.8 Å². The molecule has 2 aliphatic rings. The Hall–Kier alpha value is -3.21. The number of rotatable bonds is 5. The molecule has 5 rings (SSSR count). The molecule has 0 radical (unpaired) electrons. The van der Waals surface area contributed by atoms with Crippen LogP contribution in [0.4, 0.5) is 24.7 Å². The van der Waals surface area contributed by atoms with Crippen LogP contribution in [-0.2, 0) is 10.9 Å². The lowest BCUT2D eigenvalue weighted by atomic mass is 9.93. The van der Waals surface area contributed by atoms with E-state index in [1.807, 2.05) is 12.1 Å². The molecule has 11 heteroatoms. The van der Waals surface area contributed by atoms with E-state index in [-0.39, 0.29) is 18.0 Å². The van der Waals surface area contributed by atoms with Gasteiger partial charge in [0.25, 0.3) is 0 Å². The van der Waals surface area contributed by atoms with Gasteiger partial charge in [0.15, 0.2) is 0 Å². The van der Waals surface area contributed by atoms with Gasteiger partial charge < -0.3 is 19.7 Å². The van der Waals surface area contributed by atoms with E-state index in [1.54, 1.807) is 12.4 Å². The summed E-state index contributed by atoms with van der Waals surface area (Å²) in [5.41, 5.74) is 2.53. The first-order valence-corrected chi connectivity index (χ1v) is 11.4. The van der Waals surface area contributed by atoms with Crippen LogP contribution >= 0.6 is 0 Å². The topological polar surface area (TPSA) is 85.3 Å². The highest BCUT2D eigenvalue weighted by Gasteiger charge is 2.35. The highest BCUT2D eigenvalue weighted by molar-refractivity contribution is 5.85. The van der Waals surface area contributed by atoms with Crippen molar-refractivity contribution in [3.8, 4) is 5.75 Å². The Balaban J connectivity index is 1.25. The predicted molar refractivity (Wildman–Crippen MR) is 120 cm³/mol. The number of benzene rings is 1. The minimum atomic E-state index is -4.56. The highest BCUT2D eigenvalue weighted by Crippen LogP contribution is 2.33. The number of nitrogens with one attached hydrogen (secondary N) is 1. The van der Waals surface area contributed by atoms with Crippen molar-refractivity contribution in [1.82, 2.24) is 19.9 Å². The first-order valence-electron chi connectivity index (χ1n) is 11.4. The average molecular weight is 474 g/mol. The summed E-state index contributed by atoms with van der Waals surface area (Å²) in [6.07, 6.45) is 2.90. The van der Waals surface area contributed by atoms with E-state index in [0.29, 0.717) is 19.0 Å². The number of anilines is 2. The molecule has 1 saturated heterocycles. The normalized spacial score (nSPS) is 21.4. The van der Waals surface area contributed by atoms with Crippen LogP contribution in [0.15, 0.2) is 36.8 Å². The Kier molecular flexibility index (Phi) is 6.36. The number of aromatic nitrogens is 4. The van der Waals surface area contributed by atoms with E-state index in [2.05, 4.69) is 30.2 Å². The number of ether oxygens (including phenoxy) is 2. The number of hydrogen-bond donors (Lipinski definition) is 1. The Labute approximate surface area is 194 Å². The van der Waals surface area contributed by atoms with Crippen molar-refractivity contribution in [3.63, 3.8) is 0 Å². The molecule has 1 aliphatic heterocycles. The van der Waals surface area contributed by atoms with Crippen LogP contribution < -0.4 is 15.0 Å². The Bertz CT molecular complexity index is 1130. The minimum absolute atomic E-state index is 0.0145. The van der Waals surface area contributed by atoms with Gasteiger partial charge in [0.1, 0.15) is 17.1 Å². The lowest BCUT2D eigenvalue weighted by Gasteiger charge is -2.31. The van der Waals surface area contributed by atoms with E-state index in [0.717, 1.165) is 61.7 Å². The third-order valence-corrected chi connectivity index (χ3v) is 6.13. The molecule has 1 saturated carbocycles. The lowest BCUT2D eigenvalue weighted by molar-refractivity contribution is -0.144. The zero-order valence-corrected chi connectivity index (χ0v) is 18.5. The highest BCUT2D eigenvalue weighted by atomic mass is 19.4. The van der Waals surface area contributed by atoms with Crippen molar-refractivity contribution in [1.29, 1.82) is 0 Å². The molecular weight excluding hydrogens is 449 g/mol. The summed E-state index contributed by atoms with van der Waals surface area (Å²) in [6, 6.07) is 5.52. The molecule has 34 heavy (non-hydrogen) atoms. The van der Waals surface area contributed by atoms with Crippen LogP contribution in [0.5, 0.6) is 5.75 Å². The van der Waals surface area contributed by atoms with Crippen molar-refractivity contribution < 1.29 is 22.6 Å². The van der Waals surface area contributed by atoms with Crippen LogP contribution in [0, 0.1) is 0 Å². The molecule has 0 unspecified atom stereocenters. The summed E-state index contributed by atoms with van der Waals surface area (Å²) in [4.78, 5) is 18.1. The summed E-state index contributed by atoms with van der Waals surface area (Å²) >= 11 is 0. The van der Waals surface area contributed by atoms with Crippen molar-refractivity contribution >= 4 is 22.5 Å². The van der Waals surface area contributed by atoms with E-state index in [1.165, 1.54) is 6.07 Å². The van der Waals surface area contributed by atoms with Crippen LogP contribution in [0.25, 0.3) is 11.0 Å². The molecule has 180 valence electrons. The molecule has 1 aliphatic carbocycles. The average Bonchev–Trinajstić information content (AvgIpc) is 2.85. The number of fused-ring (bicyclic) bond motifs is 1. The SMILES string of the molecule is FC(F)(F)c1nccc(NC2CCC(Oc3cc(N4CCOCC4)cc4nccnc34)CC2)n1. The maximum Gasteiger partial charge on any atom is 0.451 e. The van der Waals surface area contributed by atoms with E-state index >= 15 is 0 Å². The molecule has 3 aromatic rings. The zero-order chi connectivity index (χ0) is 23.5. The summed E-state index contributed by atoms with van der Waals surface area (Å²) < 4.78 is 50.5. The molecule has 3 heterocycles. The summed E-state index contributed by atoms with van der Waals surface area (Å²) in [5, 5.41) is 3.11. The fraction of sp³-hybridized carbons (Fsp3) is 0.478. The van der Waals surface area contributed by atoms with Crippen LogP contribution in [0.3, 0.4) is 0 Å². The number of hydrogen-bond acceptors (Lipinski definition) is 8. The van der Waals surface area contributed by atoms with Gasteiger partial charge in [0.2, 0.25) is 5.82 Å². The minimum Gasteiger partial charge on any atom is -0.488 e. The zero-order valence-electron chi connectivity index (χ0n) is 18.5. The van der Waals surface area contributed by atoms with E-state index in [4.69, 9.17) is 9.47 Å². The van der Waals surface area contributed by atoms with E-state index in [9.17, 15) is 13.2 Å². The molecule has 8 nitrogen and oxygen atoms in total. The Morgan fingerprint density at radius 3 is 2.50 bits per heavy atom. The van der Waals surface area contributed by atoms with Crippen molar-refractivity contribution in [2.24, 2.45) is 0 Å². The standard InChI is InChI=1S/C23H25F3N6O2/c24-23(25,26)22-29-6-5-20(31-22)30-15-1-3-17(4-2-15)34-19-14-16(32-9-11-33-12-10-32)13-18-21(19)28-8-7-27-18/h5-8,13-15,17H,1-4,9-12H2,(H,29,30,31). The number of alkyl halides is 3. The van der Waals surface area contributed by atoms with Crippen molar-refractivity contribution in [2.45, 2.75) is 44.0 Å². The number of nitrogens with zero attached hydrogens (tertiary/aromatic N) is 5. The van der Waals surface area contributed by atoms with Crippen molar-refractivity contribution in [3.05, 3.63) is 42.6 Å². The quantitative estimate of drug-likeness (QED) is 0.592. The molecule has 2 aromatic heterocycles. The molecule has 0 bridgehead atoms. The van der Waals surface area contributed by atoms with Gasteiger partial charge in [-0.25, -0.2) is 15.0 Å². The number of morpholine rings is 1. The second-order valence-electron chi connectivity index (χ2n) is 8.47. The van der Waals surface area contributed by atoms with Gasteiger partial charge in [-0.3, -0.25) is 4.98 Å². The predicted octanol–water partition coefficient (Wildman–Crippen LogP) is 4.08. The number of halogens is 3. The fourth-order valence-electron chi connectivity index (χ4n) is 4.41. The van der Waals surface area contributed by atoms with Crippen LogP contribution in [0.1, 0.15) is 31.5 Å². The van der Waals surface area contributed by atoms with Gasteiger partial charge in [0.05, 0.1) is 24.8 Å². The second kappa shape index (κ2) is 9.57. The summed E-state index contributed by atoms with van der Waals surface area (Å²) in [6.45, 7) is 2.98. The maximum atomic E-state index is 12.9. The monoisotopic (exact) mass is 474 g/mol. The van der Waals surface area contributed by atoms with E-state index < -0.39 is 12.0 Å². The molecule has 0 amide bonds.